The molecule has 0 aliphatic heterocycles. The topological polar surface area (TPSA) is 70.5 Å². The van der Waals surface area contributed by atoms with E-state index in [0.29, 0.717) is 22.6 Å². The van der Waals surface area contributed by atoms with Crippen molar-refractivity contribution >= 4 is 22.2 Å². The predicted octanol–water partition coefficient (Wildman–Crippen LogP) is 9.84. The van der Waals surface area contributed by atoms with Crippen molar-refractivity contribution in [2.75, 3.05) is 13.2 Å². The van der Waals surface area contributed by atoms with Crippen LogP contribution < -0.4 is 9.47 Å². The molecule has 0 fully saturated rings. The van der Waals surface area contributed by atoms with Gasteiger partial charge in [-0.25, -0.2) is 9.97 Å². The number of benzene rings is 4. The first-order chi connectivity index (χ1) is 22.5. The van der Waals surface area contributed by atoms with Gasteiger partial charge in [-0.1, -0.05) is 61.7 Å². The van der Waals surface area contributed by atoms with Gasteiger partial charge in [0.15, 0.2) is 11.2 Å². The van der Waals surface area contributed by atoms with E-state index in [0.717, 1.165) is 36.4 Å². The zero-order valence-corrected chi connectivity index (χ0v) is 24.4. The molecule has 2 heterocycles. The van der Waals surface area contributed by atoms with Crippen molar-refractivity contribution in [3.63, 3.8) is 0 Å². The van der Waals surface area contributed by atoms with Gasteiger partial charge in [-0.05, 0) is 59.7 Å². The van der Waals surface area contributed by atoms with E-state index in [1.165, 1.54) is 12.2 Å². The van der Waals surface area contributed by atoms with E-state index in [-0.39, 0.29) is 47.2 Å². The highest BCUT2D eigenvalue weighted by Gasteiger charge is 2.72. The first-order valence-electron chi connectivity index (χ1n) is 14.1. The summed E-state index contributed by atoms with van der Waals surface area (Å²) in [7, 11) is 0. The Morgan fingerprint density at radius 2 is 1.00 bits per heavy atom. The second-order valence-corrected chi connectivity index (χ2v) is 10.3. The molecule has 0 saturated carbocycles. The minimum absolute atomic E-state index is 0.0190. The molecule has 0 amide bonds. The van der Waals surface area contributed by atoms with Crippen LogP contribution in [0.2, 0.25) is 0 Å². The van der Waals surface area contributed by atoms with Gasteiger partial charge in [-0.3, -0.25) is 0 Å². The van der Waals surface area contributed by atoms with Gasteiger partial charge in [0.25, 0.3) is 0 Å². The van der Waals surface area contributed by atoms with Crippen LogP contribution in [0.4, 0.5) is 26.3 Å². The normalized spacial score (nSPS) is 12.4. The third kappa shape index (κ3) is 5.49. The number of hydrogen-bond acceptors (Lipinski definition) is 6. The van der Waals surface area contributed by atoms with E-state index < -0.39 is 28.9 Å². The SMILES string of the molecule is C=CCOc1ccccc1-c1nc2cc(C(c3ccc4oc(-c5ccccc5OCC=C)nc4c3)(C(F)(F)F)C(F)(F)F)ccc2o1. The number of fused-ring (bicyclic) bond motifs is 2. The van der Waals surface area contributed by atoms with Gasteiger partial charge < -0.3 is 18.3 Å². The molecule has 6 rings (SSSR count). The maximum absolute atomic E-state index is 15.1. The summed E-state index contributed by atoms with van der Waals surface area (Å²) in [5.41, 5.74) is -6.42. The summed E-state index contributed by atoms with van der Waals surface area (Å²) in [4.78, 5) is 8.49. The highest BCUT2D eigenvalue weighted by atomic mass is 19.4. The van der Waals surface area contributed by atoms with Crippen LogP contribution in [0.15, 0.2) is 119 Å². The molecule has 0 unspecified atom stereocenters. The van der Waals surface area contributed by atoms with E-state index in [9.17, 15) is 0 Å². The third-order valence-electron chi connectivity index (χ3n) is 7.44. The van der Waals surface area contributed by atoms with Gasteiger partial charge in [0.2, 0.25) is 17.2 Å². The van der Waals surface area contributed by atoms with Gasteiger partial charge in [-0.15, -0.1) is 0 Å². The Balaban J connectivity index is 1.50. The standard InChI is InChI=1S/C35H24F6N2O4/c1-3-17-44-27-11-7-5-9-23(27)31-42-25-19-21(13-15-29(25)46-31)33(34(36,37)38,35(39,40)41)22-14-16-30-26(20-22)43-32(47-30)24-10-6-8-12-28(24)45-18-4-2/h3-16,19-20H,1-2,17-18H2. The fraction of sp³-hybridized carbons (Fsp3) is 0.143. The molecule has 0 aliphatic carbocycles. The summed E-state index contributed by atoms with van der Waals surface area (Å²) in [5.74, 6) is 0.592. The van der Waals surface area contributed by atoms with Crippen molar-refractivity contribution in [2.45, 2.75) is 17.8 Å². The lowest BCUT2D eigenvalue weighted by Gasteiger charge is -2.38. The molecule has 0 aliphatic rings. The van der Waals surface area contributed by atoms with Gasteiger partial charge in [0.1, 0.15) is 35.7 Å². The van der Waals surface area contributed by atoms with E-state index >= 15 is 26.3 Å². The Morgan fingerprint density at radius 3 is 1.38 bits per heavy atom. The van der Waals surface area contributed by atoms with Crippen molar-refractivity contribution in [3.8, 4) is 34.4 Å². The number of ether oxygens (including phenoxy) is 2. The first kappa shape index (κ1) is 31.5. The number of hydrogen-bond donors (Lipinski definition) is 0. The predicted molar refractivity (Wildman–Crippen MR) is 163 cm³/mol. The van der Waals surface area contributed by atoms with Crippen molar-refractivity contribution < 1.29 is 44.7 Å². The largest absolute Gasteiger partial charge is 0.489 e. The first-order valence-corrected chi connectivity index (χ1v) is 14.1. The molecule has 2 aromatic heterocycles. The molecular weight excluding hydrogens is 626 g/mol. The second kappa shape index (κ2) is 12.0. The van der Waals surface area contributed by atoms with Crippen LogP contribution in [-0.2, 0) is 5.41 Å². The maximum Gasteiger partial charge on any atom is 0.411 e. The molecule has 240 valence electrons. The van der Waals surface area contributed by atoms with Crippen LogP contribution in [0, 0.1) is 0 Å². The maximum atomic E-state index is 15.1. The van der Waals surface area contributed by atoms with Crippen molar-refractivity contribution in [1.29, 1.82) is 0 Å². The van der Waals surface area contributed by atoms with Crippen LogP contribution in [0.5, 0.6) is 11.5 Å². The third-order valence-corrected chi connectivity index (χ3v) is 7.44. The van der Waals surface area contributed by atoms with E-state index in [4.69, 9.17) is 18.3 Å². The zero-order chi connectivity index (χ0) is 33.4. The smallest absolute Gasteiger partial charge is 0.411 e. The molecule has 12 heteroatoms. The zero-order valence-electron chi connectivity index (χ0n) is 24.4. The minimum atomic E-state index is -5.85. The molecule has 47 heavy (non-hydrogen) atoms. The van der Waals surface area contributed by atoms with Gasteiger partial charge in [0, 0.05) is 0 Å². The van der Waals surface area contributed by atoms with Gasteiger partial charge in [-0.2, -0.15) is 26.3 Å². The number of alkyl halides is 6. The summed E-state index contributed by atoms with van der Waals surface area (Å²) in [6.07, 6.45) is -8.67. The average Bonchev–Trinajstić information content (AvgIpc) is 3.66. The molecule has 0 N–H and O–H groups in total. The Labute approximate surface area is 263 Å². The molecule has 6 nitrogen and oxygen atoms in total. The van der Waals surface area contributed by atoms with Crippen LogP contribution in [0.3, 0.4) is 0 Å². The Bertz CT molecular complexity index is 1940. The summed E-state index contributed by atoms with van der Waals surface area (Å²) in [6, 6.07) is 18.2. The highest BCUT2D eigenvalue weighted by Crippen LogP contribution is 2.57. The molecule has 0 bridgehead atoms. The fourth-order valence-corrected chi connectivity index (χ4v) is 5.37. The van der Waals surface area contributed by atoms with Crippen LogP contribution in [0.1, 0.15) is 11.1 Å². The summed E-state index contributed by atoms with van der Waals surface area (Å²) >= 11 is 0. The molecule has 4 aromatic carbocycles. The number of para-hydroxylation sites is 2. The van der Waals surface area contributed by atoms with Crippen LogP contribution >= 0.6 is 0 Å². The molecular formula is C35H24F6N2O4. The Morgan fingerprint density at radius 1 is 0.596 bits per heavy atom. The second-order valence-electron chi connectivity index (χ2n) is 10.3. The lowest BCUT2D eigenvalue weighted by molar-refractivity contribution is -0.288. The number of halogens is 6. The highest BCUT2D eigenvalue weighted by molar-refractivity contribution is 5.81. The van der Waals surface area contributed by atoms with E-state index in [1.807, 2.05) is 0 Å². The summed E-state index contributed by atoms with van der Waals surface area (Å²) < 4.78 is 113. The molecule has 0 radical (unpaired) electrons. The van der Waals surface area contributed by atoms with Crippen molar-refractivity contribution in [2.24, 2.45) is 0 Å². The molecule has 0 spiro atoms. The number of aromatic nitrogens is 2. The lowest BCUT2D eigenvalue weighted by Crippen LogP contribution is -2.54. The lowest BCUT2D eigenvalue weighted by atomic mass is 9.72. The number of nitrogens with zero attached hydrogens (tertiary/aromatic N) is 2. The number of rotatable bonds is 10. The molecule has 0 atom stereocenters. The van der Waals surface area contributed by atoms with Crippen LogP contribution in [0.25, 0.3) is 45.1 Å². The molecule has 6 aromatic rings. The minimum Gasteiger partial charge on any atom is -0.489 e. The van der Waals surface area contributed by atoms with E-state index in [2.05, 4.69) is 23.1 Å². The summed E-state index contributed by atoms with van der Waals surface area (Å²) in [6.45, 7) is 7.47. The van der Waals surface area contributed by atoms with Crippen molar-refractivity contribution in [1.82, 2.24) is 9.97 Å². The summed E-state index contributed by atoms with van der Waals surface area (Å²) in [5, 5.41) is 0. The van der Waals surface area contributed by atoms with Gasteiger partial charge in [0.05, 0.1) is 11.1 Å². The Kier molecular flexibility index (Phi) is 8.04. The quantitative estimate of drug-likeness (QED) is 0.109. The van der Waals surface area contributed by atoms with E-state index in [1.54, 1.807) is 48.5 Å². The van der Waals surface area contributed by atoms with Gasteiger partial charge >= 0.3 is 12.4 Å². The monoisotopic (exact) mass is 650 g/mol. The molecule has 0 saturated heterocycles. The fourth-order valence-electron chi connectivity index (χ4n) is 5.37. The average molecular weight is 651 g/mol. The van der Waals surface area contributed by atoms with Crippen LogP contribution in [-0.4, -0.2) is 35.5 Å². The van der Waals surface area contributed by atoms with Crippen molar-refractivity contribution in [3.05, 3.63) is 121 Å². The number of oxazole rings is 2. The Hall–Kier alpha value is -5.52.